The van der Waals surface area contributed by atoms with Gasteiger partial charge in [0, 0.05) is 12.8 Å². The highest BCUT2D eigenvalue weighted by Gasteiger charge is 2.54. The van der Waals surface area contributed by atoms with Crippen LogP contribution in [0.1, 0.15) is 58.8 Å². The van der Waals surface area contributed by atoms with Gasteiger partial charge < -0.3 is 0 Å². The van der Waals surface area contributed by atoms with Crippen LogP contribution < -0.4 is 0 Å². The summed E-state index contributed by atoms with van der Waals surface area (Å²) in [4.78, 5) is 23.7. The van der Waals surface area contributed by atoms with E-state index in [9.17, 15) is 9.59 Å². The van der Waals surface area contributed by atoms with Gasteiger partial charge in [0.2, 0.25) is 0 Å². The van der Waals surface area contributed by atoms with Gasteiger partial charge in [0.05, 0.1) is 0 Å². The minimum atomic E-state index is 0.139. The van der Waals surface area contributed by atoms with Crippen molar-refractivity contribution < 1.29 is 9.59 Å². The van der Waals surface area contributed by atoms with E-state index in [0.29, 0.717) is 29.8 Å². The van der Waals surface area contributed by atoms with Gasteiger partial charge in [-0.15, -0.1) is 0 Å². The summed E-state index contributed by atoms with van der Waals surface area (Å²) < 4.78 is 0. The first-order valence-electron chi connectivity index (χ1n) is 8.41. The molecule has 2 fully saturated rings. The maximum atomic E-state index is 12.0. The van der Waals surface area contributed by atoms with Crippen molar-refractivity contribution >= 4 is 11.6 Å². The van der Waals surface area contributed by atoms with Gasteiger partial charge in [-0.2, -0.15) is 0 Å². The number of rotatable bonds is 0. The summed E-state index contributed by atoms with van der Waals surface area (Å²) in [7, 11) is 0. The minimum Gasteiger partial charge on any atom is -0.295 e. The monoisotopic (exact) mass is 284 g/mol. The molecule has 4 atom stereocenters. The molecule has 4 aliphatic rings. The normalized spacial score (nSPS) is 45.4. The zero-order valence-corrected chi connectivity index (χ0v) is 13.1. The molecule has 2 saturated carbocycles. The van der Waals surface area contributed by atoms with Crippen LogP contribution in [-0.2, 0) is 9.59 Å². The number of carbonyl (C=O) groups is 2. The van der Waals surface area contributed by atoms with Crippen molar-refractivity contribution in [3.63, 3.8) is 0 Å². The molecule has 0 saturated heterocycles. The molecule has 2 nitrogen and oxygen atoms in total. The van der Waals surface area contributed by atoms with Crippen LogP contribution in [0.25, 0.3) is 0 Å². The molecule has 21 heavy (non-hydrogen) atoms. The molecule has 4 rings (SSSR count). The first kappa shape index (κ1) is 13.5. The fourth-order valence-electron chi connectivity index (χ4n) is 5.75. The van der Waals surface area contributed by atoms with Crippen molar-refractivity contribution in [1.82, 2.24) is 0 Å². The van der Waals surface area contributed by atoms with Gasteiger partial charge in [-0.1, -0.05) is 25.0 Å². The Hall–Kier alpha value is -1.18. The minimum absolute atomic E-state index is 0.139. The maximum Gasteiger partial charge on any atom is 0.156 e. The van der Waals surface area contributed by atoms with Crippen LogP contribution in [0.2, 0.25) is 0 Å². The SMILES string of the molecule is C[C@]12CC[C@H]3[C@@H](CCC4=CC(=O)CC[C@@]43C)C1=CC(=O)C2. The predicted octanol–water partition coefficient (Wildman–Crippen LogP) is 4.01. The van der Waals surface area contributed by atoms with Crippen LogP contribution in [0, 0.1) is 22.7 Å². The van der Waals surface area contributed by atoms with E-state index >= 15 is 0 Å². The van der Waals surface area contributed by atoms with Crippen LogP contribution in [0.4, 0.5) is 0 Å². The van der Waals surface area contributed by atoms with Crippen molar-refractivity contribution in [2.75, 3.05) is 0 Å². The van der Waals surface area contributed by atoms with Gasteiger partial charge >= 0.3 is 0 Å². The van der Waals surface area contributed by atoms with E-state index in [0.717, 1.165) is 32.1 Å². The van der Waals surface area contributed by atoms with Crippen molar-refractivity contribution in [1.29, 1.82) is 0 Å². The van der Waals surface area contributed by atoms with Crippen LogP contribution in [-0.4, -0.2) is 11.6 Å². The number of hydrogen-bond donors (Lipinski definition) is 0. The summed E-state index contributed by atoms with van der Waals surface area (Å²) in [5.74, 6) is 1.86. The maximum absolute atomic E-state index is 12.0. The van der Waals surface area contributed by atoms with Crippen molar-refractivity contribution in [3.8, 4) is 0 Å². The molecular weight excluding hydrogens is 260 g/mol. The fraction of sp³-hybridized carbons (Fsp3) is 0.684. The van der Waals surface area contributed by atoms with Crippen LogP contribution in [0.3, 0.4) is 0 Å². The Labute approximate surface area is 126 Å². The molecule has 0 aliphatic heterocycles. The van der Waals surface area contributed by atoms with Crippen molar-refractivity contribution in [2.24, 2.45) is 22.7 Å². The van der Waals surface area contributed by atoms with E-state index in [1.165, 1.54) is 17.6 Å². The Morgan fingerprint density at radius 2 is 1.81 bits per heavy atom. The van der Waals surface area contributed by atoms with Gasteiger partial charge in [0.1, 0.15) is 0 Å². The Morgan fingerprint density at radius 3 is 2.62 bits per heavy atom. The van der Waals surface area contributed by atoms with Crippen LogP contribution in [0.15, 0.2) is 23.3 Å². The van der Waals surface area contributed by atoms with Gasteiger partial charge in [0.25, 0.3) is 0 Å². The molecular formula is C19H24O2. The van der Waals surface area contributed by atoms with E-state index in [-0.39, 0.29) is 10.8 Å². The third-order valence-electron chi connectivity index (χ3n) is 6.97. The lowest BCUT2D eigenvalue weighted by molar-refractivity contribution is -0.117. The second-order valence-electron chi connectivity index (χ2n) is 8.15. The average molecular weight is 284 g/mol. The highest BCUT2D eigenvalue weighted by atomic mass is 16.1. The van der Waals surface area contributed by atoms with Gasteiger partial charge in [-0.3, -0.25) is 9.59 Å². The summed E-state index contributed by atoms with van der Waals surface area (Å²) >= 11 is 0. The first-order valence-corrected chi connectivity index (χ1v) is 8.41. The predicted molar refractivity (Wildman–Crippen MR) is 81.7 cm³/mol. The third kappa shape index (κ3) is 1.77. The lowest BCUT2D eigenvalue weighted by atomic mass is 9.49. The molecule has 0 amide bonds. The molecule has 0 aromatic carbocycles. The number of carbonyl (C=O) groups excluding carboxylic acids is 2. The molecule has 2 heteroatoms. The van der Waals surface area contributed by atoms with E-state index in [1.807, 2.05) is 12.2 Å². The van der Waals surface area contributed by atoms with Crippen LogP contribution in [0.5, 0.6) is 0 Å². The largest absolute Gasteiger partial charge is 0.295 e. The topological polar surface area (TPSA) is 34.1 Å². The molecule has 0 heterocycles. The Balaban J connectivity index is 1.75. The quantitative estimate of drug-likeness (QED) is 0.673. The lowest BCUT2D eigenvalue weighted by Crippen LogP contribution is -2.46. The third-order valence-corrected chi connectivity index (χ3v) is 6.97. The molecule has 0 N–H and O–H groups in total. The van der Waals surface area contributed by atoms with Gasteiger partial charge in [0.15, 0.2) is 11.6 Å². The molecule has 0 aromatic rings. The van der Waals surface area contributed by atoms with E-state index in [1.54, 1.807) is 0 Å². The standard InChI is InChI=1S/C19H24O2/c1-18-7-6-16-15(17(18)10-14(21)11-18)4-3-12-9-13(20)5-8-19(12,16)2/h9-10,15-16H,3-8,11H2,1-2H3/t15-,16+,18-,19+/m1/s1. The van der Waals surface area contributed by atoms with E-state index in [4.69, 9.17) is 0 Å². The summed E-state index contributed by atoms with van der Waals surface area (Å²) in [6.45, 7) is 4.67. The number of fused-ring (bicyclic) bond motifs is 5. The average Bonchev–Trinajstić information content (AvgIpc) is 2.74. The summed E-state index contributed by atoms with van der Waals surface area (Å²) in [6.07, 6.45) is 10.9. The molecule has 112 valence electrons. The molecule has 0 bridgehead atoms. The fourth-order valence-corrected chi connectivity index (χ4v) is 5.75. The number of allylic oxidation sites excluding steroid dienone is 4. The molecule has 0 unspecified atom stereocenters. The molecule has 0 aromatic heterocycles. The first-order chi connectivity index (χ1) is 9.92. The Morgan fingerprint density at radius 1 is 1.00 bits per heavy atom. The van der Waals surface area contributed by atoms with Gasteiger partial charge in [-0.05, 0) is 66.9 Å². The molecule has 0 spiro atoms. The smallest absolute Gasteiger partial charge is 0.156 e. The van der Waals surface area contributed by atoms with Gasteiger partial charge in [-0.25, -0.2) is 0 Å². The second-order valence-corrected chi connectivity index (χ2v) is 8.15. The second kappa shape index (κ2) is 4.18. The zero-order chi connectivity index (χ0) is 14.8. The number of ketones is 2. The number of hydrogen-bond acceptors (Lipinski definition) is 2. The Kier molecular flexibility index (Phi) is 2.68. The van der Waals surface area contributed by atoms with E-state index < -0.39 is 0 Å². The van der Waals surface area contributed by atoms with Crippen molar-refractivity contribution in [2.45, 2.75) is 58.8 Å². The summed E-state index contributed by atoms with van der Waals surface area (Å²) in [6, 6.07) is 0. The summed E-state index contributed by atoms with van der Waals surface area (Å²) in [5, 5.41) is 0. The molecule has 0 radical (unpaired) electrons. The highest BCUT2D eigenvalue weighted by molar-refractivity contribution is 5.94. The zero-order valence-electron chi connectivity index (χ0n) is 13.1. The summed E-state index contributed by atoms with van der Waals surface area (Å²) in [5.41, 5.74) is 3.18. The Bertz CT molecular complexity index is 597. The van der Waals surface area contributed by atoms with Crippen molar-refractivity contribution in [3.05, 3.63) is 23.3 Å². The molecule has 4 aliphatic carbocycles. The van der Waals surface area contributed by atoms with E-state index in [2.05, 4.69) is 13.8 Å². The van der Waals surface area contributed by atoms with Crippen LogP contribution >= 0.6 is 0 Å². The highest BCUT2D eigenvalue weighted by Crippen LogP contribution is 2.63. The lowest BCUT2D eigenvalue weighted by Gasteiger charge is -2.55.